The van der Waals surface area contributed by atoms with Crippen LogP contribution < -0.4 is 5.32 Å². The van der Waals surface area contributed by atoms with E-state index in [1.54, 1.807) is 54.5 Å². The Balaban J connectivity index is 1.63. The number of nitriles is 1. The maximum absolute atomic E-state index is 12.8. The number of anilines is 1. The van der Waals surface area contributed by atoms with Crippen LogP contribution in [0.3, 0.4) is 0 Å². The second-order valence-corrected chi connectivity index (χ2v) is 6.18. The topological polar surface area (TPSA) is 109 Å². The van der Waals surface area contributed by atoms with Crippen LogP contribution >= 0.6 is 0 Å². The Bertz CT molecular complexity index is 1230. The van der Waals surface area contributed by atoms with Crippen molar-refractivity contribution in [3.63, 3.8) is 0 Å². The van der Waals surface area contributed by atoms with Gasteiger partial charge in [0, 0.05) is 31.2 Å². The van der Waals surface area contributed by atoms with Crippen molar-refractivity contribution in [3.05, 3.63) is 78.5 Å². The molecule has 0 bridgehead atoms. The van der Waals surface area contributed by atoms with Gasteiger partial charge >= 0.3 is 0 Å². The summed E-state index contributed by atoms with van der Waals surface area (Å²) >= 11 is 0. The van der Waals surface area contributed by atoms with Crippen molar-refractivity contribution in [3.8, 4) is 28.7 Å². The molecular formula is C21H15N7O. The van der Waals surface area contributed by atoms with Crippen molar-refractivity contribution >= 4 is 11.6 Å². The summed E-state index contributed by atoms with van der Waals surface area (Å²) in [4.78, 5) is 25.5. The number of pyridine rings is 3. The van der Waals surface area contributed by atoms with Gasteiger partial charge < -0.3 is 5.32 Å². The van der Waals surface area contributed by atoms with E-state index in [1.807, 2.05) is 24.3 Å². The third-order valence-corrected chi connectivity index (χ3v) is 4.14. The molecule has 0 aliphatic heterocycles. The number of carbonyl (C=O) groups excluding carboxylic acids is 1. The van der Waals surface area contributed by atoms with Gasteiger partial charge in [-0.1, -0.05) is 12.1 Å². The van der Waals surface area contributed by atoms with Crippen molar-refractivity contribution in [2.45, 2.75) is 0 Å². The van der Waals surface area contributed by atoms with Crippen LogP contribution in [0.2, 0.25) is 0 Å². The highest BCUT2D eigenvalue weighted by atomic mass is 16.1. The highest BCUT2D eigenvalue weighted by molar-refractivity contribution is 6.04. The summed E-state index contributed by atoms with van der Waals surface area (Å²) < 4.78 is 1.61. The van der Waals surface area contributed by atoms with Crippen molar-refractivity contribution in [2.24, 2.45) is 7.05 Å². The molecule has 0 saturated carbocycles. The van der Waals surface area contributed by atoms with Crippen LogP contribution in [0, 0.1) is 11.3 Å². The lowest BCUT2D eigenvalue weighted by molar-refractivity contribution is 0.102. The lowest BCUT2D eigenvalue weighted by atomic mass is 10.1. The quantitative estimate of drug-likeness (QED) is 0.582. The van der Waals surface area contributed by atoms with E-state index in [0.29, 0.717) is 28.3 Å². The number of aryl methyl sites for hydroxylation is 1. The molecule has 4 heterocycles. The highest BCUT2D eigenvalue weighted by Crippen LogP contribution is 2.25. The van der Waals surface area contributed by atoms with Crippen molar-refractivity contribution < 1.29 is 4.79 Å². The highest BCUT2D eigenvalue weighted by Gasteiger charge is 2.16. The molecule has 0 radical (unpaired) electrons. The lowest BCUT2D eigenvalue weighted by Gasteiger charge is -2.07. The van der Waals surface area contributed by atoms with E-state index in [0.717, 1.165) is 0 Å². The fourth-order valence-electron chi connectivity index (χ4n) is 2.83. The van der Waals surface area contributed by atoms with Gasteiger partial charge in [0.15, 0.2) is 0 Å². The molecule has 1 N–H and O–H groups in total. The monoisotopic (exact) mass is 381 g/mol. The van der Waals surface area contributed by atoms with E-state index in [4.69, 9.17) is 5.26 Å². The van der Waals surface area contributed by atoms with E-state index >= 15 is 0 Å². The number of hydrogen-bond acceptors (Lipinski definition) is 6. The summed E-state index contributed by atoms with van der Waals surface area (Å²) in [6.45, 7) is 0. The molecule has 0 atom stereocenters. The minimum absolute atomic E-state index is 0.244. The largest absolute Gasteiger partial charge is 0.317 e. The van der Waals surface area contributed by atoms with Gasteiger partial charge in [0.2, 0.25) is 0 Å². The van der Waals surface area contributed by atoms with Gasteiger partial charge in [-0.15, -0.1) is 0 Å². The van der Waals surface area contributed by atoms with Crippen molar-refractivity contribution in [1.82, 2.24) is 24.7 Å². The SMILES string of the molecule is Cn1cc(NC(=O)c2cccc(-c3ccnc(C#N)c3)n2)c(-c2ccccn2)n1. The number of rotatable bonds is 4. The summed E-state index contributed by atoms with van der Waals surface area (Å²) in [7, 11) is 1.77. The van der Waals surface area contributed by atoms with Gasteiger partial charge in [-0.05, 0) is 36.4 Å². The summed E-state index contributed by atoms with van der Waals surface area (Å²) in [6.07, 6.45) is 4.93. The summed E-state index contributed by atoms with van der Waals surface area (Å²) in [5.41, 5.74) is 3.59. The second kappa shape index (κ2) is 7.70. The average molecular weight is 381 g/mol. The molecule has 0 fully saturated rings. The maximum atomic E-state index is 12.8. The van der Waals surface area contributed by atoms with Gasteiger partial charge in [-0.25, -0.2) is 9.97 Å². The fraction of sp³-hybridized carbons (Fsp3) is 0.0476. The molecule has 0 aliphatic rings. The van der Waals surface area contributed by atoms with Crippen LogP contribution in [-0.2, 0) is 7.05 Å². The van der Waals surface area contributed by atoms with E-state index in [9.17, 15) is 4.79 Å². The van der Waals surface area contributed by atoms with Gasteiger partial charge in [0.1, 0.15) is 23.2 Å². The Hall–Kier alpha value is -4.38. The Morgan fingerprint density at radius 2 is 1.93 bits per heavy atom. The number of hydrogen-bond donors (Lipinski definition) is 1. The Morgan fingerprint density at radius 3 is 2.72 bits per heavy atom. The number of carbonyl (C=O) groups is 1. The first kappa shape index (κ1) is 18.0. The van der Waals surface area contributed by atoms with Crippen LogP contribution in [0.15, 0.2) is 67.1 Å². The number of amides is 1. The molecule has 8 heteroatoms. The van der Waals surface area contributed by atoms with Gasteiger partial charge in [-0.3, -0.25) is 14.5 Å². The molecule has 0 spiro atoms. The van der Waals surface area contributed by atoms with Gasteiger partial charge in [0.25, 0.3) is 5.91 Å². The van der Waals surface area contributed by atoms with Gasteiger partial charge in [-0.2, -0.15) is 10.4 Å². The van der Waals surface area contributed by atoms with Crippen LogP contribution in [0.5, 0.6) is 0 Å². The number of nitrogens with zero attached hydrogens (tertiary/aromatic N) is 6. The van der Waals surface area contributed by atoms with Crippen LogP contribution in [0.4, 0.5) is 5.69 Å². The third-order valence-electron chi connectivity index (χ3n) is 4.14. The zero-order chi connectivity index (χ0) is 20.2. The molecule has 29 heavy (non-hydrogen) atoms. The molecule has 140 valence electrons. The first-order valence-electron chi connectivity index (χ1n) is 8.74. The smallest absolute Gasteiger partial charge is 0.274 e. The van der Waals surface area contributed by atoms with E-state index < -0.39 is 0 Å². The Labute approximate surface area is 166 Å². The average Bonchev–Trinajstić information content (AvgIpc) is 3.14. The van der Waals surface area contributed by atoms with Gasteiger partial charge in [0.05, 0.1) is 17.1 Å². The standard InChI is InChI=1S/C21H15N7O/c1-28-13-19(20(27-28)17-5-2-3-9-24-17)26-21(29)18-7-4-6-16(25-18)14-8-10-23-15(11-14)12-22/h2-11,13H,1H3,(H,26,29). The molecule has 4 rings (SSSR count). The normalized spacial score (nSPS) is 10.3. The Kier molecular flexibility index (Phi) is 4.78. The number of nitrogens with one attached hydrogen (secondary N) is 1. The minimum Gasteiger partial charge on any atom is -0.317 e. The molecule has 4 aromatic rings. The summed E-state index contributed by atoms with van der Waals surface area (Å²) in [6, 6.07) is 16.0. The number of aromatic nitrogens is 5. The van der Waals surface area contributed by atoms with Crippen LogP contribution in [0.1, 0.15) is 16.2 Å². The van der Waals surface area contributed by atoms with E-state index in [-0.39, 0.29) is 17.3 Å². The summed E-state index contributed by atoms with van der Waals surface area (Å²) in [5, 5.41) is 16.3. The molecular weight excluding hydrogens is 366 g/mol. The first-order chi connectivity index (χ1) is 14.1. The lowest BCUT2D eigenvalue weighted by Crippen LogP contribution is -2.14. The molecule has 0 aromatic carbocycles. The predicted molar refractivity (Wildman–Crippen MR) is 107 cm³/mol. The zero-order valence-corrected chi connectivity index (χ0v) is 15.4. The van der Waals surface area contributed by atoms with E-state index in [1.165, 1.54) is 6.20 Å². The molecule has 0 unspecified atom stereocenters. The molecule has 4 aromatic heterocycles. The second-order valence-electron chi connectivity index (χ2n) is 6.18. The molecule has 1 amide bonds. The summed E-state index contributed by atoms with van der Waals surface area (Å²) in [5.74, 6) is -0.369. The van der Waals surface area contributed by atoms with Crippen LogP contribution in [0.25, 0.3) is 22.6 Å². The zero-order valence-electron chi connectivity index (χ0n) is 15.4. The molecule has 8 nitrogen and oxygen atoms in total. The third kappa shape index (κ3) is 3.84. The van der Waals surface area contributed by atoms with Crippen molar-refractivity contribution in [1.29, 1.82) is 5.26 Å². The fourth-order valence-corrected chi connectivity index (χ4v) is 2.83. The van der Waals surface area contributed by atoms with Crippen molar-refractivity contribution in [2.75, 3.05) is 5.32 Å². The predicted octanol–water partition coefficient (Wildman–Crippen LogP) is 3.06. The molecule has 0 saturated heterocycles. The van der Waals surface area contributed by atoms with Crippen LogP contribution in [-0.4, -0.2) is 30.6 Å². The molecule has 0 aliphatic carbocycles. The van der Waals surface area contributed by atoms with E-state index in [2.05, 4.69) is 25.4 Å². The maximum Gasteiger partial charge on any atom is 0.274 e. The first-order valence-corrected chi connectivity index (χ1v) is 8.74. The minimum atomic E-state index is -0.369. The Morgan fingerprint density at radius 1 is 1.07 bits per heavy atom.